The van der Waals surface area contributed by atoms with Crippen molar-refractivity contribution in [3.8, 4) is 0 Å². The van der Waals surface area contributed by atoms with Crippen molar-refractivity contribution >= 4 is 12.0 Å². The topological polar surface area (TPSA) is 54.7 Å². The molecule has 1 aliphatic heterocycles. The van der Waals surface area contributed by atoms with E-state index in [0.717, 1.165) is 13.1 Å². The van der Waals surface area contributed by atoms with E-state index in [0.29, 0.717) is 18.9 Å². The number of rotatable bonds is 4. The highest BCUT2D eigenvalue weighted by molar-refractivity contribution is 5.91. The van der Waals surface area contributed by atoms with E-state index in [-0.39, 0.29) is 12.0 Å². The van der Waals surface area contributed by atoms with E-state index >= 15 is 0 Å². The van der Waals surface area contributed by atoms with E-state index in [9.17, 15) is 4.79 Å². The molecule has 1 saturated heterocycles. The number of hydrogen-bond donors (Lipinski definition) is 1. The van der Waals surface area contributed by atoms with Crippen molar-refractivity contribution in [1.82, 2.24) is 10.2 Å². The van der Waals surface area contributed by atoms with Gasteiger partial charge in [-0.05, 0) is 18.2 Å². The summed E-state index contributed by atoms with van der Waals surface area (Å²) in [4.78, 5) is 13.5. The number of likely N-dealkylation sites (N-methyl/N-ethyl adjacent to an activating group) is 1. The molecule has 2 rings (SSSR count). The van der Waals surface area contributed by atoms with Gasteiger partial charge in [0.25, 0.3) is 0 Å². The Labute approximate surface area is 106 Å². The molecule has 1 aromatic heterocycles. The average Bonchev–Trinajstić information content (AvgIpc) is 2.90. The maximum absolute atomic E-state index is 11.8. The highest BCUT2D eigenvalue weighted by atomic mass is 16.5. The number of ether oxygens (including phenoxy) is 1. The number of furan rings is 1. The molecule has 0 bridgehead atoms. The summed E-state index contributed by atoms with van der Waals surface area (Å²) in [5, 5.41) is 3.24. The summed E-state index contributed by atoms with van der Waals surface area (Å²) in [6, 6.07) is 3.59. The summed E-state index contributed by atoms with van der Waals surface area (Å²) in [6.45, 7) is 2.97. The van der Waals surface area contributed by atoms with Crippen molar-refractivity contribution in [3.05, 3.63) is 30.2 Å². The van der Waals surface area contributed by atoms with Crippen LogP contribution in [0.5, 0.6) is 0 Å². The minimum absolute atomic E-state index is 0.0550. The van der Waals surface area contributed by atoms with Crippen LogP contribution in [0.2, 0.25) is 0 Å². The van der Waals surface area contributed by atoms with Gasteiger partial charge >= 0.3 is 0 Å². The van der Waals surface area contributed by atoms with Gasteiger partial charge in [-0.1, -0.05) is 0 Å². The molecule has 5 heteroatoms. The molecule has 0 spiro atoms. The van der Waals surface area contributed by atoms with Gasteiger partial charge in [0.15, 0.2) is 0 Å². The van der Waals surface area contributed by atoms with Crippen LogP contribution in [-0.2, 0) is 9.53 Å². The molecule has 0 aromatic carbocycles. The summed E-state index contributed by atoms with van der Waals surface area (Å²) < 4.78 is 10.7. The quantitative estimate of drug-likeness (QED) is 0.801. The van der Waals surface area contributed by atoms with Gasteiger partial charge in [0.2, 0.25) is 5.91 Å². The van der Waals surface area contributed by atoms with E-state index in [1.54, 1.807) is 36.4 Å². The molecular weight excluding hydrogens is 232 g/mol. The Morgan fingerprint density at radius 1 is 1.67 bits per heavy atom. The van der Waals surface area contributed by atoms with Crippen molar-refractivity contribution in [3.63, 3.8) is 0 Å². The van der Waals surface area contributed by atoms with Crippen LogP contribution in [0, 0.1) is 0 Å². The van der Waals surface area contributed by atoms with Crippen molar-refractivity contribution in [2.45, 2.75) is 6.10 Å². The number of nitrogens with zero attached hydrogens (tertiary/aromatic N) is 1. The van der Waals surface area contributed by atoms with Gasteiger partial charge in [0.05, 0.1) is 19.0 Å². The Balaban J connectivity index is 1.80. The molecule has 0 saturated carbocycles. The Morgan fingerprint density at radius 2 is 2.56 bits per heavy atom. The van der Waals surface area contributed by atoms with Crippen LogP contribution in [0.1, 0.15) is 5.76 Å². The number of amides is 1. The normalized spacial score (nSPS) is 20.2. The second kappa shape index (κ2) is 6.37. The Hall–Kier alpha value is -1.59. The Morgan fingerprint density at radius 3 is 3.22 bits per heavy atom. The van der Waals surface area contributed by atoms with Crippen molar-refractivity contribution < 1.29 is 13.9 Å². The third-order valence-corrected chi connectivity index (χ3v) is 2.79. The van der Waals surface area contributed by atoms with Crippen molar-refractivity contribution in [1.29, 1.82) is 0 Å². The standard InChI is InChI=1S/C13H18N2O3/c1-15(10-12-9-14-6-8-18-12)13(16)5-4-11-3-2-7-17-11/h2-5,7,12,14H,6,8-10H2,1H3/b5-4+. The zero-order valence-electron chi connectivity index (χ0n) is 10.5. The molecule has 1 aromatic rings. The fourth-order valence-corrected chi connectivity index (χ4v) is 1.80. The molecule has 5 nitrogen and oxygen atoms in total. The van der Waals surface area contributed by atoms with E-state index in [1.807, 2.05) is 0 Å². The van der Waals surface area contributed by atoms with Gasteiger partial charge in [0, 0.05) is 32.8 Å². The number of morpholine rings is 1. The van der Waals surface area contributed by atoms with E-state index in [2.05, 4.69) is 5.32 Å². The minimum Gasteiger partial charge on any atom is -0.465 e. The van der Waals surface area contributed by atoms with Crippen molar-refractivity contribution in [2.24, 2.45) is 0 Å². The summed E-state index contributed by atoms with van der Waals surface area (Å²) in [5.74, 6) is 0.618. The molecule has 1 unspecified atom stereocenters. The molecule has 1 N–H and O–H groups in total. The first kappa shape index (κ1) is 12.9. The number of carbonyl (C=O) groups excluding carboxylic acids is 1. The van der Waals surface area contributed by atoms with Gasteiger partial charge in [-0.15, -0.1) is 0 Å². The Bertz CT molecular complexity index is 394. The molecular formula is C13H18N2O3. The van der Waals surface area contributed by atoms with Crippen LogP contribution in [-0.4, -0.2) is 50.2 Å². The number of hydrogen-bond acceptors (Lipinski definition) is 4. The van der Waals surface area contributed by atoms with Gasteiger partial charge < -0.3 is 19.4 Å². The predicted octanol–water partition coefficient (Wildman–Crippen LogP) is 0.740. The molecule has 1 amide bonds. The van der Waals surface area contributed by atoms with Crippen molar-refractivity contribution in [2.75, 3.05) is 33.3 Å². The smallest absolute Gasteiger partial charge is 0.246 e. The largest absolute Gasteiger partial charge is 0.465 e. The Kier molecular flexibility index (Phi) is 4.55. The lowest BCUT2D eigenvalue weighted by atomic mass is 10.3. The lowest BCUT2D eigenvalue weighted by Gasteiger charge is -2.27. The number of nitrogens with one attached hydrogen (secondary N) is 1. The lowest BCUT2D eigenvalue weighted by molar-refractivity contribution is -0.126. The molecule has 0 aliphatic carbocycles. The summed E-state index contributed by atoms with van der Waals surface area (Å²) >= 11 is 0. The zero-order chi connectivity index (χ0) is 12.8. The van der Waals surface area contributed by atoms with Gasteiger partial charge in [0.1, 0.15) is 5.76 Å². The fourth-order valence-electron chi connectivity index (χ4n) is 1.80. The highest BCUT2D eigenvalue weighted by Gasteiger charge is 2.17. The first-order valence-electron chi connectivity index (χ1n) is 6.05. The molecule has 18 heavy (non-hydrogen) atoms. The molecule has 2 heterocycles. The first-order chi connectivity index (χ1) is 8.75. The van der Waals surface area contributed by atoms with Crippen LogP contribution in [0.15, 0.2) is 28.9 Å². The second-order valence-electron chi connectivity index (χ2n) is 4.26. The zero-order valence-corrected chi connectivity index (χ0v) is 10.5. The third kappa shape index (κ3) is 3.72. The van der Waals surface area contributed by atoms with Crippen LogP contribution in [0.4, 0.5) is 0 Å². The minimum atomic E-state index is -0.0550. The maximum atomic E-state index is 11.8. The van der Waals surface area contributed by atoms with E-state index in [4.69, 9.17) is 9.15 Å². The maximum Gasteiger partial charge on any atom is 0.246 e. The summed E-state index contributed by atoms with van der Waals surface area (Å²) in [5.41, 5.74) is 0. The molecule has 1 aliphatic rings. The monoisotopic (exact) mass is 250 g/mol. The SMILES string of the molecule is CN(CC1CNCCO1)C(=O)/C=C/c1ccco1. The second-order valence-corrected chi connectivity index (χ2v) is 4.26. The van der Waals surface area contributed by atoms with Crippen LogP contribution < -0.4 is 5.32 Å². The van der Waals surface area contributed by atoms with Crippen LogP contribution in [0.3, 0.4) is 0 Å². The van der Waals surface area contributed by atoms with E-state index < -0.39 is 0 Å². The van der Waals surface area contributed by atoms with E-state index in [1.165, 1.54) is 6.08 Å². The molecule has 0 radical (unpaired) electrons. The lowest BCUT2D eigenvalue weighted by Crippen LogP contribution is -2.45. The summed E-state index contributed by atoms with van der Waals surface area (Å²) in [6.07, 6.45) is 4.83. The summed E-state index contributed by atoms with van der Waals surface area (Å²) in [7, 11) is 1.77. The first-order valence-corrected chi connectivity index (χ1v) is 6.05. The third-order valence-electron chi connectivity index (χ3n) is 2.79. The van der Waals surface area contributed by atoms with Gasteiger partial charge in [-0.25, -0.2) is 0 Å². The van der Waals surface area contributed by atoms with Crippen LogP contribution >= 0.6 is 0 Å². The van der Waals surface area contributed by atoms with Gasteiger partial charge in [-0.2, -0.15) is 0 Å². The fraction of sp³-hybridized carbons (Fsp3) is 0.462. The highest BCUT2D eigenvalue weighted by Crippen LogP contribution is 2.04. The predicted molar refractivity (Wildman–Crippen MR) is 68.0 cm³/mol. The van der Waals surface area contributed by atoms with Gasteiger partial charge in [-0.3, -0.25) is 4.79 Å². The molecule has 1 fully saturated rings. The molecule has 98 valence electrons. The van der Waals surface area contributed by atoms with Crippen LogP contribution in [0.25, 0.3) is 6.08 Å². The molecule has 1 atom stereocenters. The number of carbonyl (C=O) groups is 1. The average molecular weight is 250 g/mol.